The summed E-state index contributed by atoms with van der Waals surface area (Å²) in [7, 11) is 0. The fraction of sp³-hybridized carbons (Fsp3) is 0.303. The Balaban J connectivity index is 1.33. The van der Waals surface area contributed by atoms with Gasteiger partial charge in [0, 0.05) is 18.4 Å². The molecule has 0 radical (unpaired) electrons. The first-order valence-electron chi connectivity index (χ1n) is 13.4. The Morgan fingerprint density at radius 2 is 1.38 bits per heavy atom. The Morgan fingerprint density at radius 3 is 1.97 bits per heavy atom. The van der Waals surface area contributed by atoms with Crippen LogP contribution in [0.5, 0.6) is 0 Å². The maximum Gasteiger partial charge on any atom is 0.223 e. The van der Waals surface area contributed by atoms with Gasteiger partial charge in [-0.25, -0.2) is 0 Å². The molecule has 1 amide bonds. The van der Waals surface area contributed by atoms with Crippen LogP contribution >= 0.6 is 0 Å². The molecule has 0 aromatic heterocycles. The van der Waals surface area contributed by atoms with Crippen molar-refractivity contribution in [2.24, 2.45) is 11.8 Å². The molecule has 0 aliphatic carbocycles. The summed E-state index contributed by atoms with van der Waals surface area (Å²) in [5, 5.41) is 21.7. The highest BCUT2D eigenvalue weighted by molar-refractivity contribution is 5.84. The maximum atomic E-state index is 13.1. The molecule has 4 nitrogen and oxygen atoms in total. The van der Waals surface area contributed by atoms with Gasteiger partial charge in [0.2, 0.25) is 5.91 Å². The largest absolute Gasteiger partial charge is 0.396 e. The Kier molecular flexibility index (Phi) is 8.29. The van der Waals surface area contributed by atoms with Gasteiger partial charge in [-0.1, -0.05) is 97.1 Å². The molecular formula is C33H36N2O2. The van der Waals surface area contributed by atoms with Gasteiger partial charge in [0.1, 0.15) is 0 Å². The van der Waals surface area contributed by atoms with Crippen LogP contribution in [0, 0.1) is 11.8 Å². The van der Waals surface area contributed by atoms with Gasteiger partial charge in [-0.05, 0) is 71.4 Å². The average Bonchev–Trinajstić information content (AvgIpc) is 2.95. The van der Waals surface area contributed by atoms with E-state index in [2.05, 4.69) is 108 Å². The van der Waals surface area contributed by atoms with Crippen LogP contribution in [0.15, 0.2) is 97.1 Å². The highest BCUT2D eigenvalue weighted by Gasteiger charge is 2.23. The number of benzene rings is 4. The molecule has 190 valence electrons. The van der Waals surface area contributed by atoms with E-state index < -0.39 is 0 Å². The molecule has 1 aliphatic heterocycles. The molecule has 37 heavy (non-hydrogen) atoms. The van der Waals surface area contributed by atoms with E-state index in [1.165, 1.54) is 32.7 Å². The van der Waals surface area contributed by atoms with Crippen molar-refractivity contribution < 1.29 is 9.90 Å². The molecule has 4 heteroatoms. The number of nitrogens with one attached hydrogen (secondary N) is 2. The topological polar surface area (TPSA) is 61.4 Å². The van der Waals surface area contributed by atoms with Crippen LogP contribution in [0.25, 0.3) is 21.5 Å². The van der Waals surface area contributed by atoms with Crippen molar-refractivity contribution in [1.82, 2.24) is 10.6 Å². The fourth-order valence-corrected chi connectivity index (χ4v) is 5.32. The minimum atomic E-state index is -0.130. The van der Waals surface area contributed by atoms with Crippen molar-refractivity contribution in [3.05, 3.63) is 108 Å². The fourth-order valence-electron chi connectivity index (χ4n) is 5.32. The molecule has 3 N–H and O–H groups in total. The standard InChI is InChI=1S/C33H36N2O2/c36-23-26(19-24-9-12-27-5-1-3-7-30(27)20-24)11-14-32(35-33(37)29-15-17-34-18-16-29)22-25-10-13-28-6-2-4-8-31(28)21-25/h1-14,20-21,26,29,32,34,36H,15-19,22-23H2,(H,35,37)/b14-11+/t26?,32-/m0/s1. The van der Waals surface area contributed by atoms with Crippen molar-refractivity contribution in [1.29, 1.82) is 0 Å². The first-order valence-corrected chi connectivity index (χ1v) is 13.4. The number of fused-ring (bicyclic) bond motifs is 2. The molecule has 4 aromatic rings. The normalized spacial score (nSPS) is 16.2. The molecule has 1 heterocycles. The third-order valence-corrected chi connectivity index (χ3v) is 7.47. The van der Waals surface area contributed by atoms with E-state index in [9.17, 15) is 9.90 Å². The second-order valence-corrected chi connectivity index (χ2v) is 10.2. The van der Waals surface area contributed by atoms with Crippen LogP contribution in [0.2, 0.25) is 0 Å². The lowest BCUT2D eigenvalue weighted by molar-refractivity contribution is -0.126. The lowest BCUT2D eigenvalue weighted by atomic mass is 9.94. The van der Waals surface area contributed by atoms with E-state index in [0.29, 0.717) is 6.42 Å². The van der Waals surface area contributed by atoms with Gasteiger partial charge in [0.05, 0.1) is 6.04 Å². The molecular weight excluding hydrogens is 456 g/mol. The van der Waals surface area contributed by atoms with Gasteiger partial charge in [-0.15, -0.1) is 0 Å². The number of hydrogen-bond donors (Lipinski definition) is 3. The zero-order valence-electron chi connectivity index (χ0n) is 21.3. The maximum absolute atomic E-state index is 13.1. The van der Waals surface area contributed by atoms with Crippen LogP contribution < -0.4 is 10.6 Å². The average molecular weight is 493 g/mol. The third kappa shape index (κ3) is 6.65. The minimum absolute atomic E-state index is 0.0175. The van der Waals surface area contributed by atoms with Crippen molar-refractivity contribution in [3.8, 4) is 0 Å². The Morgan fingerprint density at radius 1 is 0.811 bits per heavy atom. The Hall–Kier alpha value is -3.47. The van der Waals surface area contributed by atoms with Crippen LogP contribution in [-0.2, 0) is 17.6 Å². The summed E-state index contributed by atoms with van der Waals surface area (Å²) in [5.74, 6) is 0.169. The zero-order chi connectivity index (χ0) is 25.5. The van der Waals surface area contributed by atoms with Gasteiger partial charge < -0.3 is 15.7 Å². The number of amides is 1. The van der Waals surface area contributed by atoms with E-state index in [-0.39, 0.29) is 30.4 Å². The second kappa shape index (κ2) is 12.2. The number of piperidine rings is 1. The summed E-state index contributed by atoms with van der Waals surface area (Å²) >= 11 is 0. The van der Waals surface area contributed by atoms with Gasteiger partial charge in [-0.2, -0.15) is 0 Å². The number of hydrogen-bond acceptors (Lipinski definition) is 3. The predicted octanol–water partition coefficient (Wildman–Crippen LogP) is 5.43. The lowest BCUT2D eigenvalue weighted by Gasteiger charge is -2.25. The summed E-state index contributed by atoms with van der Waals surface area (Å²) in [6.07, 6.45) is 7.40. The van der Waals surface area contributed by atoms with E-state index in [0.717, 1.165) is 32.4 Å². The van der Waals surface area contributed by atoms with Crippen molar-refractivity contribution in [2.45, 2.75) is 31.7 Å². The summed E-state index contributed by atoms with van der Waals surface area (Å²) < 4.78 is 0. The zero-order valence-corrected chi connectivity index (χ0v) is 21.3. The first kappa shape index (κ1) is 25.2. The molecule has 5 rings (SSSR count). The Labute approximate surface area is 219 Å². The Bertz CT molecular complexity index is 1370. The highest BCUT2D eigenvalue weighted by atomic mass is 16.3. The number of aliphatic hydroxyl groups is 1. The lowest BCUT2D eigenvalue weighted by Crippen LogP contribution is -2.42. The summed E-state index contributed by atoms with van der Waals surface area (Å²) in [4.78, 5) is 13.1. The van der Waals surface area contributed by atoms with Crippen LogP contribution in [0.1, 0.15) is 24.0 Å². The van der Waals surface area contributed by atoms with Gasteiger partial charge in [-0.3, -0.25) is 4.79 Å². The minimum Gasteiger partial charge on any atom is -0.396 e. The molecule has 1 saturated heterocycles. The van der Waals surface area contributed by atoms with E-state index in [1.54, 1.807) is 0 Å². The number of aliphatic hydroxyl groups excluding tert-OH is 1. The van der Waals surface area contributed by atoms with Gasteiger partial charge in [0.25, 0.3) is 0 Å². The van der Waals surface area contributed by atoms with E-state index in [4.69, 9.17) is 0 Å². The molecule has 1 fully saturated rings. The molecule has 0 saturated carbocycles. The quantitative estimate of drug-likeness (QED) is 0.273. The molecule has 0 bridgehead atoms. The molecule has 1 unspecified atom stereocenters. The van der Waals surface area contributed by atoms with Gasteiger partial charge in [0.15, 0.2) is 0 Å². The van der Waals surface area contributed by atoms with E-state index in [1.807, 2.05) is 0 Å². The monoisotopic (exact) mass is 492 g/mol. The van der Waals surface area contributed by atoms with Crippen molar-refractivity contribution >= 4 is 27.5 Å². The smallest absolute Gasteiger partial charge is 0.223 e. The second-order valence-electron chi connectivity index (χ2n) is 10.2. The van der Waals surface area contributed by atoms with E-state index >= 15 is 0 Å². The SMILES string of the molecule is O=C(N[C@@H](/C=C/C(CO)Cc1ccc2ccccc2c1)Cc1ccc2ccccc2c1)C1CCNCC1. The molecule has 2 atom stereocenters. The molecule has 0 spiro atoms. The third-order valence-electron chi connectivity index (χ3n) is 7.47. The number of carbonyl (C=O) groups excluding carboxylic acids is 1. The van der Waals surface area contributed by atoms with Crippen LogP contribution in [0.4, 0.5) is 0 Å². The van der Waals surface area contributed by atoms with Crippen molar-refractivity contribution in [3.63, 3.8) is 0 Å². The van der Waals surface area contributed by atoms with Crippen LogP contribution in [-0.4, -0.2) is 36.8 Å². The highest BCUT2D eigenvalue weighted by Crippen LogP contribution is 2.20. The summed E-state index contributed by atoms with van der Waals surface area (Å²) in [6.45, 7) is 1.84. The number of rotatable bonds is 9. The summed E-state index contributed by atoms with van der Waals surface area (Å²) in [6, 6.07) is 29.6. The molecule has 4 aromatic carbocycles. The van der Waals surface area contributed by atoms with Crippen molar-refractivity contribution in [2.75, 3.05) is 19.7 Å². The summed E-state index contributed by atoms with van der Waals surface area (Å²) in [5.41, 5.74) is 2.39. The number of carbonyl (C=O) groups is 1. The molecule has 1 aliphatic rings. The van der Waals surface area contributed by atoms with Crippen LogP contribution in [0.3, 0.4) is 0 Å². The first-order chi connectivity index (χ1) is 18.2. The predicted molar refractivity (Wildman–Crippen MR) is 153 cm³/mol. The van der Waals surface area contributed by atoms with Gasteiger partial charge >= 0.3 is 0 Å².